The van der Waals surface area contributed by atoms with Gasteiger partial charge in [0.05, 0.1) is 16.4 Å². The summed E-state index contributed by atoms with van der Waals surface area (Å²) in [6, 6.07) is 11.1. The number of anilines is 3. The molecule has 0 aromatic heterocycles. The molecule has 17 heavy (non-hydrogen) atoms. The van der Waals surface area contributed by atoms with Crippen LogP contribution >= 0.6 is 23.2 Å². The quantitative estimate of drug-likeness (QED) is 0.778. The van der Waals surface area contributed by atoms with E-state index in [1.807, 2.05) is 37.3 Å². The first kappa shape index (κ1) is 12.1. The summed E-state index contributed by atoms with van der Waals surface area (Å²) in [7, 11) is 0. The molecule has 2 rings (SSSR count). The van der Waals surface area contributed by atoms with E-state index in [1.165, 1.54) is 0 Å². The number of halogens is 2. The van der Waals surface area contributed by atoms with Gasteiger partial charge in [0.2, 0.25) is 0 Å². The normalized spacial score (nSPS) is 10.3. The lowest BCUT2D eigenvalue weighted by atomic mass is 10.2. The number of para-hydroxylation sites is 1. The van der Waals surface area contributed by atoms with Crippen LogP contribution in [0.1, 0.15) is 5.56 Å². The van der Waals surface area contributed by atoms with Gasteiger partial charge in [-0.1, -0.05) is 35.3 Å². The van der Waals surface area contributed by atoms with Crippen LogP contribution < -0.4 is 11.1 Å². The summed E-state index contributed by atoms with van der Waals surface area (Å²) >= 11 is 11.9. The van der Waals surface area contributed by atoms with Gasteiger partial charge in [0.25, 0.3) is 0 Å². The third-order valence-electron chi connectivity index (χ3n) is 2.52. The fraction of sp³-hybridized carbons (Fsp3) is 0.0769. The predicted octanol–water partition coefficient (Wildman–Crippen LogP) is 4.63. The van der Waals surface area contributed by atoms with Gasteiger partial charge in [-0.3, -0.25) is 0 Å². The van der Waals surface area contributed by atoms with E-state index in [0.717, 1.165) is 16.9 Å². The van der Waals surface area contributed by atoms with Crippen LogP contribution in [0, 0.1) is 6.92 Å². The largest absolute Gasteiger partial charge is 0.396 e. The van der Waals surface area contributed by atoms with Gasteiger partial charge in [-0.15, -0.1) is 0 Å². The second-order valence-electron chi connectivity index (χ2n) is 3.79. The molecule has 0 aliphatic carbocycles. The molecule has 0 aliphatic heterocycles. The van der Waals surface area contributed by atoms with E-state index < -0.39 is 0 Å². The smallest absolute Gasteiger partial charge is 0.0742 e. The molecule has 0 saturated heterocycles. The molecular formula is C13H12Cl2N2. The van der Waals surface area contributed by atoms with Crippen molar-refractivity contribution in [2.24, 2.45) is 0 Å². The summed E-state index contributed by atoms with van der Waals surface area (Å²) in [6.45, 7) is 2.00. The number of benzene rings is 2. The Morgan fingerprint density at radius 3 is 2.59 bits per heavy atom. The molecule has 0 unspecified atom stereocenters. The molecule has 0 aliphatic rings. The van der Waals surface area contributed by atoms with E-state index in [4.69, 9.17) is 28.9 Å². The highest BCUT2D eigenvalue weighted by molar-refractivity contribution is 6.33. The Bertz CT molecular complexity index is 553. The van der Waals surface area contributed by atoms with Crippen molar-refractivity contribution in [2.75, 3.05) is 11.1 Å². The Morgan fingerprint density at radius 1 is 1.06 bits per heavy atom. The fourth-order valence-corrected chi connectivity index (χ4v) is 1.87. The second-order valence-corrected chi connectivity index (χ2v) is 4.63. The Morgan fingerprint density at radius 2 is 1.82 bits per heavy atom. The molecule has 0 bridgehead atoms. The van der Waals surface area contributed by atoms with Gasteiger partial charge in [-0.2, -0.15) is 0 Å². The summed E-state index contributed by atoms with van der Waals surface area (Å²) in [4.78, 5) is 0. The van der Waals surface area contributed by atoms with Crippen molar-refractivity contribution in [2.45, 2.75) is 6.92 Å². The van der Waals surface area contributed by atoms with Crippen LogP contribution in [-0.2, 0) is 0 Å². The Balaban J connectivity index is 2.38. The molecule has 2 aromatic carbocycles. The van der Waals surface area contributed by atoms with Gasteiger partial charge in [0.15, 0.2) is 0 Å². The highest BCUT2D eigenvalue weighted by Gasteiger charge is 2.05. The van der Waals surface area contributed by atoms with Crippen LogP contribution in [0.3, 0.4) is 0 Å². The third kappa shape index (κ3) is 2.65. The summed E-state index contributed by atoms with van der Waals surface area (Å²) in [5.74, 6) is 0. The van der Waals surface area contributed by atoms with E-state index in [0.29, 0.717) is 15.7 Å². The Hall–Kier alpha value is -1.38. The van der Waals surface area contributed by atoms with E-state index in [2.05, 4.69) is 5.32 Å². The SMILES string of the molecule is Cc1ccc(Cl)cc1Nc1cccc(Cl)c1N. The molecule has 3 N–H and O–H groups in total. The Kier molecular flexibility index (Phi) is 3.46. The summed E-state index contributed by atoms with van der Waals surface area (Å²) in [6.07, 6.45) is 0. The number of nitrogen functional groups attached to an aromatic ring is 1. The van der Waals surface area contributed by atoms with Crippen molar-refractivity contribution < 1.29 is 0 Å². The maximum absolute atomic E-state index is 5.96. The van der Waals surface area contributed by atoms with Crippen molar-refractivity contribution in [3.05, 3.63) is 52.0 Å². The van der Waals surface area contributed by atoms with Gasteiger partial charge >= 0.3 is 0 Å². The zero-order valence-corrected chi connectivity index (χ0v) is 10.8. The Labute approximate surface area is 110 Å². The molecular weight excluding hydrogens is 255 g/mol. The minimum absolute atomic E-state index is 0.536. The van der Waals surface area contributed by atoms with Gasteiger partial charge in [0, 0.05) is 10.7 Å². The first-order valence-corrected chi connectivity index (χ1v) is 5.90. The maximum atomic E-state index is 5.96. The molecule has 0 amide bonds. The molecule has 0 saturated carbocycles. The molecule has 0 spiro atoms. The van der Waals surface area contributed by atoms with Crippen molar-refractivity contribution in [3.63, 3.8) is 0 Å². The average molecular weight is 267 g/mol. The molecule has 4 heteroatoms. The first-order valence-electron chi connectivity index (χ1n) is 5.15. The van der Waals surface area contributed by atoms with Gasteiger partial charge < -0.3 is 11.1 Å². The number of aryl methyl sites for hydroxylation is 1. The number of nitrogens with two attached hydrogens (primary N) is 1. The molecule has 0 fully saturated rings. The monoisotopic (exact) mass is 266 g/mol. The van der Waals surface area contributed by atoms with Crippen LogP contribution in [-0.4, -0.2) is 0 Å². The minimum Gasteiger partial charge on any atom is -0.396 e. The van der Waals surface area contributed by atoms with Crippen LogP contribution in [0.25, 0.3) is 0 Å². The van der Waals surface area contributed by atoms with Crippen LogP contribution in [0.2, 0.25) is 10.0 Å². The molecule has 2 aromatic rings. The van der Waals surface area contributed by atoms with Crippen molar-refractivity contribution in [3.8, 4) is 0 Å². The van der Waals surface area contributed by atoms with Crippen LogP contribution in [0.5, 0.6) is 0 Å². The van der Waals surface area contributed by atoms with E-state index in [-0.39, 0.29) is 0 Å². The molecule has 2 nitrogen and oxygen atoms in total. The zero-order chi connectivity index (χ0) is 12.4. The number of hydrogen-bond donors (Lipinski definition) is 2. The minimum atomic E-state index is 0.536. The van der Waals surface area contributed by atoms with E-state index >= 15 is 0 Å². The molecule has 0 heterocycles. The lowest BCUT2D eigenvalue weighted by Gasteiger charge is -2.12. The average Bonchev–Trinajstić information content (AvgIpc) is 2.30. The maximum Gasteiger partial charge on any atom is 0.0742 e. The predicted molar refractivity (Wildman–Crippen MR) is 75.3 cm³/mol. The third-order valence-corrected chi connectivity index (χ3v) is 3.09. The van der Waals surface area contributed by atoms with Crippen molar-refractivity contribution in [1.82, 2.24) is 0 Å². The first-order chi connectivity index (χ1) is 8.08. The summed E-state index contributed by atoms with van der Waals surface area (Å²) < 4.78 is 0. The highest BCUT2D eigenvalue weighted by atomic mass is 35.5. The van der Waals surface area contributed by atoms with Gasteiger partial charge in [0.1, 0.15) is 0 Å². The number of hydrogen-bond acceptors (Lipinski definition) is 2. The lowest BCUT2D eigenvalue weighted by molar-refractivity contribution is 1.43. The van der Waals surface area contributed by atoms with E-state index in [1.54, 1.807) is 6.07 Å². The van der Waals surface area contributed by atoms with Crippen molar-refractivity contribution in [1.29, 1.82) is 0 Å². The van der Waals surface area contributed by atoms with E-state index in [9.17, 15) is 0 Å². The molecule has 0 radical (unpaired) electrons. The second kappa shape index (κ2) is 4.86. The number of rotatable bonds is 2. The zero-order valence-electron chi connectivity index (χ0n) is 9.30. The topological polar surface area (TPSA) is 38.0 Å². The molecule has 88 valence electrons. The van der Waals surface area contributed by atoms with Crippen LogP contribution in [0.15, 0.2) is 36.4 Å². The highest BCUT2D eigenvalue weighted by Crippen LogP contribution is 2.31. The standard InChI is InChI=1S/C13H12Cl2N2/c1-8-5-6-9(14)7-12(8)17-11-4-2-3-10(15)13(11)16/h2-7,17H,16H2,1H3. The fourth-order valence-electron chi connectivity index (χ4n) is 1.52. The summed E-state index contributed by atoms with van der Waals surface area (Å²) in [5, 5.41) is 4.44. The lowest BCUT2D eigenvalue weighted by Crippen LogP contribution is -1.98. The van der Waals surface area contributed by atoms with Gasteiger partial charge in [-0.05, 0) is 36.8 Å². The van der Waals surface area contributed by atoms with Crippen molar-refractivity contribution >= 4 is 40.3 Å². The summed E-state index contributed by atoms with van der Waals surface area (Å²) in [5.41, 5.74) is 9.22. The van der Waals surface area contributed by atoms with Crippen LogP contribution in [0.4, 0.5) is 17.1 Å². The van der Waals surface area contributed by atoms with Gasteiger partial charge in [-0.25, -0.2) is 0 Å². The number of nitrogens with one attached hydrogen (secondary N) is 1. The molecule has 0 atom stereocenters.